The molecule has 3 atom stereocenters. The van der Waals surface area contributed by atoms with Crippen LogP contribution >= 0.6 is 11.6 Å². The first-order valence-corrected chi connectivity index (χ1v) is 12.7. The second kappa shape index (κ2) is 15.1. The van der Waals surface area contributed by atoms with Crippen LogP contribution in [0.3, 0.4) is 0 Å². The number of aromatic nitrogens is 3. The number of nitrogens with one attached hydrogen (secondary N) is 1. The number of carbonyl (C=O) groups excluding carboxylic acids is 1. The summed E-state index contributed by atoms with van der Waals surface area (Å²) < 4.78 is 23.7. The highest BCUT2D eigenvalue weighted by atomic mass is 35.5. The number of hydrogen-bond donors (Lipinski definition) is 4. The Morgan fingerprint density at radius 3 is 2.72 bits per heavy atom. The fraction of sp³-hybridized carbons (Fsp3) is 0.696. The number of aliphatic hydroxyl groups excluding tert-OH is 2. The predicted octanol–water partition coefficient (Wildman–Crippen LogP) is 1.71. The number of unbranched alkanes of at least 4 members (excludes halogenated alkanes) is 3. The summed E-state index contributed by atoms with van der Waals surface area (Å²) in [7, 11) is 0. The number of nitrogen functional groups attached to an aromatic ring is 1. The number of amides is 1. The molecule has 3 heterocycles. The van der Waals surface area contributed by atoms with Gasteiger partial charge in [-0.15, -0.1) is 11.6 Å². The minimum Gasteiger partial charge on any atom is -0.445 e. The van der Waals surface area contributed by atoms with Gasteiger partial charge in [-0.25, -0.2) is 14.8 Å². The zero-order valence-electron chi connectivity index (χ0n) is 20.3. The van der Waals surface area contributed by atoms with E-state index < -0.39 is 24.5 Å². The minimum absolute atomic E-state index is 0.0643. The lowest BCUT2D eigenvalue weighted by molar-refractivity contribution is -0.0431. The van der Waals surface area contributed by atoms with Crippen molar-refractivity contribution in [2.24, 2.45) is 0 Å². The summed E-state index contributed by atoms with van der Waals surface area (Å²) in [6.45, 7) is 1.93. The van der Waals surface area contributed by atoms with E-state index in [1.165, 1.54) is 6.33 Å². The Morgan fingerprint density at radius 1 is 1.19 bits per heavy atom. The highest BCUT2D eigenvalue weighted by Crippen LogP contribution is 2.34. The standard InChI is InChI=1S/C23H36ClN5O7/c24-5-3-1-2-4-7-33-9-10-34-8-6-26-23(32)35-14-16-12-29(19-11-17(31)18(13-30)36-19)22-20(16)21(25)27-15-28-22/h12,15,17-19,30-31H,1-11,13-14H2,(H,26,32)(H2,25,27,28)/t17?,18-,19-/m1/s1. The molecule has 1 unspecified atom stereocenters. The second-order valence-electron chi connectivity index (χ2n) is 8.46. The van der Waals surface area contributed by atoms with Crippen molar-refractivity contribution >= 4 is 34.5 Å². The van der Waals surface area contributed by atoms with Crippen LogP contribution in [0.1, 0.15) is 43.9 Å². The molecule has 1 saturated heterocycles. The van der Waals surface area contributed by atoms with Crippen LogP contribution in [0.15, 0.2) is 12.5 Å². The lowest BCUT2D eigenvalue weighted by Crippen LogP contribution is -2.28. The molecule has 36 heavy (non-hydrogen) atoms. The van der Waals surface area contributed by atoms with Crippen LogP contribution in [0.25, 0.3) is 11.0 Å². The third-order valence-corrected chi connectivity index (χ3v) is 6.10. The number of rotatable bonds is 16. The molecule has 13 heteroatoms. The molecule has 2 aromatic rings. The number of nitrogens with zero attached hydrogens (tertiary/aromatic N) is 3. The summed E-state index contributed by atoms with van der Waals surface area (Å²) >= 11 is 5.64. The second-order valence-corrected chi connectivity index (χ2v) is 8.84. The number of alkyl carbamates (subject to hydrolysis) is 1. The smallest absolute Gasteiger partial charge is 0.407 e. The summed E-state index contributed by atoms with van der Waals surface area (Å²) in [5.74, 6) is 0.944. The molecule has 0 aromatic carbocycles. The van der Waals surface area contributed by atoms with E-state index >= 15 is 0 Å². The van der Waals surface area contributed by atoms with Gasteiger partial charge in [0.15, 0.2) is 0 Å². The Morgan fingerprint density at radius 2 is 1.97 bits per heavy atom. The molecule has 202 valence electrons. The maximum Gasteiger partial charge on any atom is 0.407 e. The van der Waals surface area contributed by atoms with Crippen molar-refractivity contribution in [3.8, 4) is 0 Å². The average Bonchev–Trinajstić information content (AvgIpc) is 3.44. The van der Waals surface area contributed by atoms with Crippen molar-refractivity contribution in [2.45, 2.75) is 57.1 Å². The molecule has 0 spiro atoms. The number of alkyl halides is 1. The van der Waals surface area contributed by atoms with Gasteiger partial charge in [0.1, 0.15) is 36.7 Å². The summed E-state index contributed by atoms with van der Waals surface area (Å²) in [6, 6.07) is 0. The fourth-order valence-electron chi connectivity index (χ4n) is 3.96. The SMILES string of the molecule is Nc1ncnc2c1c(COC(=O)NCCOCCOCCCCCCCl)cn2[C@H]1CC(O)[C@@H](CO)O1. The fourth-order valence-corrected chi connectivity index (χ4v) is 4.15. The maximum absolute atomic E-state index is 12.1. The zero-order valence-corrected chi connectivity index (χ0v) is 21.1. The van der Waals surface area contributed by atoms with E-state index in [-0.39, 0.29) is 25.5 Å². The molecule has 0 saturated carbocycles. The number of ether oxygens (including phenoxy) is 4. The molecular formula is C23H36ClN5O7. The molecule has 0 bridgehead atoms. The Labute approximate surface area is 215 Å². The molecule has 12 nitrogen and oxygen atoms in total. The van der Waals surface area contributed by atoms with Crippen molar-refractivity contribution in [1.29, 1.82) is 0 Å². The molecule has 1 amide bonds. The Balaban J connectivity index is 1.38. The van der Waals surface area contributed by atoms with Gasteiger partial charge in [-0.1, -0.05) is 12.8 Å². The van der Waals surface area contributed by atoms with Crippen LogP contribution in [-0.4, -0.2) is 88.5 Å². The third kappa shape index (κ3) is 8.15. The highest BCUT2D eigenvalue weighted by molar-refractivity contribution is 6.17. The largest absolute Gasteiger partial charge is 0.445 e. The number of fused-ring (bicyclic) bond motifs is 1. The number of hydrogen-bond acceptors (Lipinski definition) is 10. The number of anilines is 1. The first-order valence-electron chi connectivity index (χ1n) is 12.2. The molecular weight excluding hydrogens is 494 g/mol. The van der Waals surface area contributed by atoms with Crippen molar-refractivity contribution in [3.63, 3.8) is 0 Å². The summed E-state index contributed by atoms with van der Waals surface area (Å²) in [6.07, 6.45) is 4.97. The molecule has 5 N–H and O–H groups in total. The number of nitrogens with two attached hydrogens (primary N) is 1. The lowest BCUT2D eigenvalue weighted by atomic mass is 10.2. The van der Waals surface area contributed by atoms with E-state index in [0.717, 1.165) is 25.7 Å². The van der Waals surface area contributed by atoms with Crippen LogP contribution < -0.4 is 11.1 Å². The van der Waals surface area contributed by atoms with E-state index in [0.29, 0.717) is 55.4 Å². The van der Waals surface area contributed by atoms with Gasteiger partial charge in [0.2, 0.25) is 0 Å². The topological polar surface area (TPSA) is 163 Å². The van der Waals surface area contributed by atoms with Gasteiger partial charge in [0.05, 0.1) is 37.9 Å². The lowest BCUT2D eigenvalue weighted by Gasteiger charge is -2.14. The monoisotopic (exact) mass is 529 g/mol. The van der Waals surface area contributed by atoms with Gasteiger partial charge in [0.25, 0.3) is 0 Å². The van der Waals surface area contributed by atoms with Gasteiger partial charge in [0, 0.05) is 37.2 Å². The maximum atomic E-state index is 12.1. The first kappa shape index (κ1) is 28.4. The van der Waals surface area contributed by atoms with Crippen molar-refractivity contribution in [2.75, 3.05) is 51.2 Å². The highest BCUT2D eigenvalue weighted by Gasteiger charge is 2.35. The molecule has 3 rings (SSSR count). The summed E-state index contributed by atoms with van der Waals surface area (Å²) in [4.78, 5) is 20.4. The van der Waals surface area contributed by atoms with Crippen molar-refractivity contribution < 1.29 is 34.0 Å². The summed E-state index contributed by atoms with van der Waals surface area (Å²) in [5.41, 5.74) is 7.14. The van der Waals surface area contributed by atoms with Gasteiger partial charge in [-0.05, 0) is 12.8 Å². The molecule has 1 fully saturated rings. The van der Waals surface area contributed by atoms with Crippen LogP contribution in [0.5, 0.6) is 0 Å². The van der Waals surface area contributed by atoms with Gasteiger partial charge in [-0.2, -0.15) is 0 Å². The van der Waals surface area contributed by atoms with Gasteiger partial charge < -0.3 is 44.8 Å². The molecule has 0 aliphatic carbocycles. The van der Waals surface area contributed by atoms with Crippen LogP contribution in [0.2, 0.25) is 0 Å². The normalized spacial score (nSPS) is 19.7. The first-order chi connectivity index (χ1) is 17.5. The number of aliphatic hydroxyl groups is 2. The predicted molar refractivity (Wildman–Crippen MR) is 133 cm³/mol. The minimum atomic E-state index is -0.804. The molecule has 2 aromatic heterocycles. The summed E-state index contributed by atoms with van der Waals surface area (Å²) in [5, 5.41) is 22.6. The quantitative estimate of drug-likeness (QED) is 0.186. The average molecular weight is 530 g/mol. The van der Waals surface area contributed by atoms with Crippen LogP contribution in [-0.2, 0) is 25.6 Å². The van der Waals surface area contributed by atoms with Gasteiger partial charge in [-0.3, -0.25) is 0 Å². The number of carbonyl (C=O) groups is 1. The van der Waals surface area contributed by atoms with E-state index in [1.807, 2.05) is 0 Å². The van der Waals surface area contributed by atoms with E-state index in [1.54, 1.807) is 10.8 Å². The Kier molecular flexibility index (Phi) is 11.9. The van der Waals surface area contributed by atoms with Gasteiger partial charge >= 0.3 is 6.09 Å². The molecule has 1 aliphatic rings. The van der Waals surface area contributed by atoms with Crippen molar-refractivity contribution in [1.82, 2.24) is 19.9 Å². The molecule has 1 aliphatic heterocycles. The zero-order chi connectivity index (χ0) is 25.8. The third-order valence-electron chi connectivity index (χ3n) is 5.83. The van der Waals surface area contributed by atoms with Crippen LogP contribution in [0.4, 0.5) is 10.6 Å². The van der Waals surface area contributed by atoms with Crippen LogP contribution in [0, 0.1) is 0 Å². The molecule has 0 radical (unpaired) electrons. The van der Waals surface area contributed by atoms with Crippen molar-refractivity contribution in [3.05, 3.63) is 18.1 Å². The van der Waals surface area contributed by atoms with E-state index in [2.05, 4.69) is 15.3 Å². The Bertz CT molecular complexity index is 947. The Hall–Kier alpha value is -2.22. The van der Waals surface area contributed by atoms with E-state index in [4.69, 9.17) is 36.3 Å². The van der Waals surface area contributed by atoms with E-state index in [9.17, 15) is 15.0 Å². The number of halogens is 1.